The maximum absolute atomic E-state index is 13.3. The molecule has 1 heterocycles. The van der Waals surface area contributed by atoms with Crippen LogP contribution in [0.5, 0.6) is 11.5 Å². The van der Waals surface area contributed by atoms with Crippen molar-refractivity contribution in [2.24, 2.45) is 34.2 Å². The normalized spacial score (nSPS) is 14.5. The summed E-state index contributed by atoms with van der Waals surface area (Å²) in [4.78, 5) is 16.4. The Balaban J connectivity index is 2.10. The van der Waals surface area contributed by atoms with Gasteiger partial charge in [0.15, 0.2) is 11.5 Å². The lowest BCUT2D eigenvalue weighted by molar-refractivity contribution is -0.128. The van der Waals surface area contributed by atoms with Crippen LogP contribution in [0.2, 0.25) is 0 Å². The molecule has 4 atom stereocenters. The Morgan fingerprint density at radius 3 is 2.48 bits per heavy atom. The number of amides is 1. The highest BCUT2D eigenvalue weighted by atomic mass is 16.5. The van der Waals surface area contributed by atoms with Crippen LogP contribution in [-0.4, -0.2) is 72.1 Å². The van der Waals surface area contributed by atoms with Gasteiger partial charge in [0.25, 0.3) is 0 Å². The van der Waals surface area contributed by atoms with Gasteiger partial charge < -0.3 is 24.6 Å². The van der Waals surface area contributed by atoms with Gasteiger partial charge in [-0.3, -0.25) is 9.48 Å². The second kappa shape index (κ2) is 18.5. The lowest BCUT2D eigenvalue weighted by Crippen LogP contribution is -2.43. The predicted octanol–water partition coefficient (Wildman–Crippen LogP) is 5.45. The van der Waals surface area contributed by atoms with E-state index in [9.17, 15) is 15.4 Å². The van der Waals surface area contributed by atoms with Crippen molar-refractivity contribution >= 4 is 5.91 Å². The molecule has 12 heteroatoms. The third kappa shape index (κ3) is 12.3. The topological polar surface area (TPSA) is 156 Å². The number of nitrogens with one attached hydrogen (secondary N) is 1. The van der Waals surface area contributed by atoms with Gasteiger partial charge in [-0.05, 0) is 60.2 Å². The zero-order valence-corrected chi connectivity index (χ0v) is 27.8. The van der Waals surface area contributed by atoms with Crippen molar-refractivity contribution < 1.29 is 24.1 Å². The fourth-order valence-corrected chi connectivity index (χ4v) is 5.27. The number of aliphatic hydroxyl groups is 1. The third-order valence-corrected chi connectivity index (χ3v) is 8.05. The van der Waals surface area contributed by atoms with Gasteiger partial charge in [0.1, 0.15) is 0 Å². The van der Waals surface area contributed by atoms with E-state index in [4.69, 9.17) is 14.2 Å². The Bertz CT molecular complexity index is 1170. The molecule has 1 aromatic heterocycles. The highest BCUT2D eigenvalue weighted by Gasteiger charge is 2.32. The van der Waals surface area contributed by atoms with Crippen molar-refractivity contribution in [2.45, 2.75) is 85.9 Å². The number of carbonyl (C=O) groups excluding carboxylic acids is 1. The molecule has 0 saturated heterocycles. The van der Waals surface area contributed by atoms with E-state index in [0.717, 1.165) is 12.0 Å². The van der Waals surface area contributed by atoms with E-state index in [0.29, 0.717) is 50.6 Å². The van der Waals surface area contributed by atoms with Gasteiger partial charge in [-0.15, -0.1) is 5.10 Å². The number of hydrogen-bond donors (Lipinski definition) is 2. The fourth-order valence-electron chi connectivity index (χ4n) is 5.27. The third-order valence-electron chi connectivity index (χ3n) is 8.05. The van der Waals surface area contributed by atoms with E-state index < -0.39 is 18.1 Å². The molecule has 0 aliphatic carbocycles. The summed E-state index contributed by atoms with van der Waals surface area (Å²) >= 11 is 0. The number of aromatic nitrogens is 3. The maximum Gasteiger partial charge on any atom is 0.223 e. The first kappa shape index (κ1) is 36.8. The second-order valence-electron chi connectivity index (χ2n) is 13.0. The molecule has 0 fully saturated rings. The summed E-state index contributed by atoms with van der Waals surface area (Å²) in [7, 11) is 3.28. The average Bonchev–Trinajstić information content (AvgIpc) is 3.48. The Labute approximate surface area is 262 Å². The highest BCUT2D eigenvalue weighted by molar-refractivity contribution is 5.79. The smallest absolute Gasteiger partial charge is 0.223 e. The van der Waals surface area contributed by atoms with E-state index >= 15 is 0 Å². The molecule has 1 aromatic carbocycles. The van der Waals surface area contributed by atoms with Crippen molar-refractivity contribution in [3.05, 3.63) is 46.6 Å². The van der Waals surface area contributed by atoms with Crippen LogP contribution in [0, 0.1) is 29.1 Å². The van der Waals surface area contributed by atoms with Crippen LogP contribution in [0.3, 0.4) is 0 Å². The summed E-state index contributed by atoms with van der Waals surface area (Å²) in [6.45, 7) is 14.5. The number of ether oxygens (including phenoxy) is 3. The van der Waals surface area contributed by atoms with Crippen LogP contribution >= 0.6 is 0 Å². The first-order valence-electron chi connectivity index (χ1n) is 15.5. The molecular weight excluding hydrogens is 562 g/mol. The maximum atomic E-state index is 13.3. The number of azide groups is 1. The molecule has 246 valence electrons. The Morgan fingerprint density at radius 1 is 1.14 bits per heavy atom. The van der Waals surface area contributed by atoms with Crippen molar-refractivity contribution in [1.82, 2.24) is 20.3 Å². The van der Waals surface area contributed by atoms with Crippen molar-refractivity contribution in [3.63, 3.8) is 0 Å². The molecule has 0 aliphatic rings. The van der Waals surface area contributed by atoms with E-state index in [1.165, 1.54) is 0 Å². The summed E-state index contributed by atoms with van der Waals surface area (Å²) in [5, 5.41) is 26.3. The quantitative estimate of drug-likeness (QED) is 0.0818. The van der Waals surface area contributed by atoms with Gasteiger partial charge in [0, 0.05) is 55.7 Å². The van der Waals surface area contributed by atoms with Gasteiger partial charge in [-0.1, -0.05) is 57.9 Å². The van der Waals surface area contributed by atoms with Crippen LogP contribution in [0.15, 0.2) is 35.7 Å². The SMILES string of the molecule is COCCCOc1cc(C[C@@H](C[C@H](N=[N+]=[N-])[C@@H](O)C[C@H](C(=O)NCC(C)(C)Cn2ccnn2)C(C)C)C(C)C)ccc1OC. The summed E-state index contributed by atoms with van der Waals surface area (Å²) in [6.07, 6.45) is 4.60. The largest absolute Gasteiger partial charge is 0.493 e. The Kier molecular flexibility index (Phi) is 15.5. The van der Waals surface area contributed by atoms with Crippen LogP contribution in [0.25, 0.3) is 10.4 Å². The molecule has 2 aromatic rings. The minimum absolute atomic E-state index is 0.0164. The Morgan fingerprint density at radius 2 is 1.89 bits per heavy atom. The van der Waals surface area contributed by atoms with E-state index in [-0.39, 0.29) is 35.5 Å². The fraction of sp³-hybridized carbons (Fsp3) is 0.719. The minimum atomic E-state index is -0.969. The molecule has 0 unspecified atom stereocenters. The van der Waals surface area contributed by atoms with Gasteiger partial charge in [0.2, 0.25) is 5.91 Å². The van der Waals surface area contributed by atoms with E-state index in [1.54, 1.807) is 31.3 Å². The van der Waals surface area contributed by atoms with Crippen LogP contribution in [-0.2, 0) is 22.5 Å². The molecule has 2 N–H and O–H groups in total. The molecule has 0 spiro atoms. The number of hydrogen-bond acceptors (Lipinski definition) is 8. The van der Waals surface area contributed by atoms with Gasteiger partial charge in [-0.25, -0.2) is 0 Å². The molecule has 0 saturated carbocycles. The van der Waals surface area contributed by atoms with E-state index in [1.807, 2.05) is 32.0 Å². The zero-order valence-electron chi connectivity index (χ0n) is 27.8. The van der Waals surface area contributed by atoms with Crippen molar-refractivity contribution in [2.75, 3.05) is 34.0 Å². The molecule has 0 aliphatic heterocycles. The average molecular weight is 616 g/mol. The predicted molar refractivity (Wildman–Crippen MR) is 170 cm³/mol. The minimum Gasteiger partial charge on any atom is -0.493 e. The molecule has 2 rings (SSSR count). The Hall–Kier alpha value is -3.34. The molecule has 0 bridgehead atoms. The van der Waals surface area contributed by atoms with Crippen LogP contribution in [0.4, 0.5) is 0 Å². The summed E-state index contributed by atoms with van der Waals surface area (Å²) in [6, 6.07) is 5.23. The number of benzene rings is 1. The zero-order chi connectivity index (χ0) is 32.7. The monoisotopic (exact) mass is 615 g/mol. The second-order valence-corrected chi connectivity index (χ2v) is 13.0. The summed E-state index contributed by atoms with van der Waals surface area (Å²) in [5.41, 5.74) is 10.2. The number of carbonyl (C=O) groups is 1. The van der Waals surface area contributed by atoms with Gasteiger partial charge in [-0.2, -0.15) is 0 Å². The molecule has 12 nitrogen and oxygen atoms in total. The molecule has 0 radical (unpaired) electrons. The standard InChI is InChI=1S/C32H53N7O5/c1-22(2)25(16-24-10-11-29(43-8)30(17-24)44-15-9-14-42-7)18-27(36-37-33)28(40)19-26(23(3)4)31(41)34-20-32(5,6)21-39-13-12-35-38-39/h10-13,17,22-23,25-28,40H,9,14-16,18-21H2,1-8H3,(H,34,41)/t25-,26-,27-,28-/m0/s1. The molecule has 1 amide bonds. The lowest BCUT2D eigenvalue weighted by atomic mass is 9.80. The highest BCUT2D eigenvalue weighted by Crippen LogP contribution is 2.32. The van der Waals surface area contributed by atoms with Crippen LogP contribution < -0.4 is 14.8 Å². The molecular formula is C32H53N7O5. The number of aliphatic hydroxyl groups excluding tert-OH is 1. The first-order chi connectivity index (χ1) is 20.9. The number of methoxy groups -OCH3 is 2. The number of rotatable bonds is 21. The van der Waals surface area contributed by atoms with Gasteiger partial charge >= 0.3 is 0 Å². The van der Waals surface area contributed by atoms with Gasteiger partial charge in [0.05, 0.1) is 32.1 Å². The van der Waals surface area contributed by atoms with Crippen LogP contribution in [0.1, 0.15) is 66.4 Å². The van der Waals surface area contributed by atoms with Crippen molar-refractivity contribution in [1.29, 1.82) is 0 Å². The molecule has 44 heavy (non-hydrogen) atoms. The lowest BCUT2D eigenvalue weighted by Gasteiger charge is -2.31. The first-order valence-corrected chi connectivity index (χ1v) is 15.5. The summed E-state index contributed by atoms with van der Waals surface area (Å²) in [5.74, 6) is 1.11. The number of nitrogens with zero attached hydrogens (tertiary/aromatic N) is 6. The summed E-state index contributed by atoms with van der Waals surface area (Å²) < 4.78 is 18.3. The van der Waals surface area contributed by atoms with Crippen molar-refractivity contribution in [3.8, 4) is 11.5 Å². The van der Waals surface area contributed by atoms with E-state index in [2.05, 4.69) is 53.3 Å².